The van der Waals surface area contributed by atoms with Gasteiger partial charge < -0.3 is 25.6 Å². The molecule has 3 heterocycles. The van der Waals surface area contributed by atoms with Crippen molar-refractivity contribution in [3.8, 4) is 0 Å². The average molecular weight is 444 g/mol. The molecule has 8 nitrogen and oxygen atoms in total. The quantitative estimate of drug-likeness (QED) is 0.585. The summed E-state index contributed by atoms with van der Waals surface area (Å²) in [4.78, 5) is 33.6. The molecule has 3 N–H and O–H groups in total. The molecule has 33 heavy (non-hydrogen) atoms. The van der Waals surface area contributed by atoms with Gasteiger partial charge in [-0.1, -0.05) is 42.5 Å². The maximum Gasteiger partial charge on any atom is 0.410 e. The summed E-state index contributed by atoms with van der Waals surface area (Å²) >= 11 is 0. The Labute approximate surface area is 192 Å². The molecule has 0 aliphatic carbocycles. The number of nitrogens with two attached hydrogens (primary N) is 1. The molecule has 2 saturated heterocycles. The molecule has 8 heteroatoms. The summed E-state index contributed by atoms with van der Waals surface area (Å²) in [6.07, 6.45) is 2.19. The van der Waals surface area contributed by atoms with E-state index in [0.29, 0.717) is 30.0 Å². The van der Waals surface area contributed by atoms with E-state index in [4.69, 9.17) is 10.5 Å². The van der Waals surface area contributed by atoms with Crippen LogP contribution >= 0.6 is 0 Å². The summed E-state index contributed by atoms with van der Waals surface area (Å²) in [5, 5.41) is 2.81. The van der Waals surface area contributed by atoms with E-state index in [1.165, 1.54) is 0 Å². The Morgan fingerprint density at radius 1 is 1.00 bits per heavy atom. The number of para-hydroxylation sites is 2. The number of piperazine rings is 1. The summed E-state index contributed by atoms with van der Waals surface area (Å²) in [5.41, 5.74) is 8.41. The molecule has 2 amide bonds. The third-order valence-corrected chi connectivity index (χ3v) is 6.19. The average Bonchev–Trinajstić information content (AvgIpc) is 3.46. The number of anilines is 3. The Morgan fingerprint density at radius 3 is 2.48 bits per heavy atom. The van der Waals surface area contributed by atoms with Crippen LogP contribution in [0, 0.1) is 0 Å². The van der Waals surface area contributed by atoms with Crippen LogP contribution in [0.1, 0.15) is 22.3 Å². The number of ether oxygens (including phenoxy) is 1. The van der Waals surface area contributed by atoms with E-state index >= 15 is 0 Å². The van der Waals surface area contributed by atoms with Crippen molar-refractivity contribution in [3.05, 3.63) is 84.1 Å². The third kappa shape index (κ3) is 4.32. The number of likely N-dealkylation sites (tertiary alicyclic amines) is 1. The van der Waals surface area contributed by atoms with Gasteiger partial charge in [0.2, 0.25) is 0 Å². The highest BCUT2D eigenvalue weighted by Crippen LogP contribution is 2.34. The lowest BCUT2D eigenvalue weighted by Crippen LogP contribution is -2.49. The monoisotopic (exact) mass is 443 g/mol. The van der Waals surface area contributed by atoms with Gasteiger partial charge in [-0.15, -0.1) is 0 Å². The van der Waals surface area contributed by atoms with Crippen LogP contribution in [0.3, 0.4) is 0 Å². The highest BCUT2D eigenvalue weighted by molar-refractivity contribution is 6.05. The zero-order valence-electron chi connectivity index (χ0n) is 18.1. The summed E-state index contributed by atoms with van der Waals surface area (Å²) in [5.74, 6) is 0.540. The van der Waals surface area contributed by atoms with Crippen LogP contribution in [0.2, 0.25) is 0 Å². The summed E-state index contributed by atoms with van der Waals surface area (Å²) in [7, 11) is 0. The molecule has 2 aliphatic rings. The SMILES string of the molecule is Nc1ccccc1NC(=O)c1ccc(N2CC3CC2CN3C(=O)OCc2ccccc2)nc1. The van der Waals surface area contributed by atoms with Gasteiger partial charge in [-0.25, -0.2) is 9.78 Å². The Bertz CT molecular complexity index is 1150. The van der Waals surface area contributed by atoms with E-state index in [9.17, 15) is 9.59 Å². The van der Waals surface area contributed by atoms with Crippen LogP contribution in [0.25, 0.3) is 0 Å². The molecule has 5 rings (SSSR count). The number of hydrogen-bond acceptors (Lipinski definition) is 6. The number of fused-ring (bicyclic) bond motifs is 2. The number of nitrogens with one attached hydrogen (secondary N) is 1. The fraction of sp³-hybridized carbons (Fsp3) is 0.240. The number of rotatable bonds is 5. The fourth-order valence-electron chi connectivity index (χ4n) is 4.47. The van der Waals surface area contributed by atoms with Gasteiger partial charge in [0.1, 0.15) is 12.4 Å². The molecule has 0 saturated carbocycles. The van der Waals surface area contributed by atoms with Gasteiger partial charge in [0.25, 0.3) is 5.91 Å². The van der Waals surface area contributed by atoms with E-state index in [-0.39, 0.29) is 30.7 Å². The lowest BCUT2D eigenvalue weighted by molar-refractivity contribution is 0.0897. The minimum atomic E-state index is -0.272. The summed E-state index contributed by atoms with van der Waals surface area (Å²) in [6, 6.07) is 20.7. The molecular weight excluding hydrogens is 418 g/mol. The van der Waals surface area contributed by atoms with Gasteiger partial charge >= 0.3 is 6.09 Å². The van der Waals surface area contributed by atoms with Crippen molar-refractivity contribution >= 4 is 29.2 Å². The molecule has 0 radical (unpaired) electrons. The van der Waals surface area contributed by atoms with Crippen LogP contribution in [-0.4, -0.2) is 47.1 Å². The molecule has 2 bridgehead atoms. The smallest absolute Gasteiger partial charge is 0.410 e. The van der Waals surface area contributed by atoms with E-state index in [0.717, 1.165) is 17.8 Å². The lowest BCUT2D eigenvalue weighted by Gasteiger charge is -2.34. The Balaban J connectivity index is 1.17. The largest absolute Gasteiger partial charge is 0.445 e. The standard InChI is InChI=1S/C25H25N5O3/c26-21-8-4-5-9-22(21)28-24(31)18-10-11-23(27-13-18)29-14-20-12-19(29)15-30(20)25(32)33-16-17-6-2-1-3-7-17/h1-11,13,19-20H,12,14-16,26H2,(H,28,31). The first-order valence-corrected chi connectivity index (χ1v) is 10.9. The zero-order chi connectivity index (χ0) is 22.8. The zero-order valence-corrected chi connectivity index (χ0v) is 18.1. The normalized spacial score (nSPS) is 18.9. The topological polar surface area (TPSA) is 101 Å². The predicted molar refractivity (Wildman–Crippen MR) is 126 cm³/mol. The Kier molecular flexibility index (Phi) is 5.56. The second-order valence-corrected chi connectivity index (χ2v) is 8.33. The van der Waals surface area contributed by atoms with Crippen molar-refractivity contribution < 1.29 is 14.3 Å². The van der Waals surface area contributed by atoms with Crippen LogP contribution in [0.5, 0.6) is 0 Å². The predicted octanol–water partition coefficient (Wildman–Crippen LogP) is 3.52. The number of carbonyl (C=O) groups excluding carboxylic acids is 2. The van der Waals surface area contributed by atoms with Crippen molar-refractivity contribution in [3.63, 3.8) is 0 Å². The van der Waals surface area contributed by atoms with Crippen molar-refractivity contribution in [2.45, 2.75) is 25.1 Å². The number of carbonyl (C=O) groups is 2. The number of pyridine rings is 1. The van der Waals surface area contributed by atoms with Gasteiger partial charge in [0.15, 0.2) is 0 Å². The first-order valence-electron chi connectivity index (χ1n) is 10.9. The molecule has 2 unspecified atom stereocenters. The molecule has 2 fully saturated rings. The maximum atomic E-state index is 12.6. The van der Waals surface area contributed by atoms with Gasteiger partial charge in [-0.05, 0) is 36.2 Å². The number of nitrogen functional groups attached to an aromatic ring is 1. The van der Waals surface area contributed by atoms with Gasteiger partial charge in [0.05, 0.1) is 29.0 Å². The highest BCUT2D eigenvalue weighted by Gasteiger charge is 2.46. The van der Waals surface area contributed by atoms with E-state index in [2.05, 4.69) is 15.2 Å². The number of hydrogen-bond donors (Lipinski definition) is 2. The van der Waals surface area contributed by atoms with Crippen molar-refractivity contribution in [1.82, 2.24) is 9.88 Å². The van der Waals surface area contributed by atoms with Crippen molar-refractivity contribution in [2.75, 3.05) is 29.0 Å². The maximum absolute atomic E-state index is 12.6. The molecular formula is C25H25N5O3. The van der Waals surface area contributed by atoms with Crippen molar-refractivity contribution in [1.29, 1.82) is 0 Å². The number of amides is 2. The summed E-state index contributed by atoms with van der Waals surface area (Å²) in [6.45, 7) is 1.58. The lowest BCUT2D eigenvalue weighted by atomic mass is 10.2. The van der Waals surface area contributed by atoms with Gasteiger partial charge in [-0.3, -0.25) is 4.79 Å². The molecule has 2 aromatic carbocycles. The fourth-order valence-corrected chi connectivity index (χ4v) is 4.47. The number of nitrogens with zero attached hydrogens (tertiary/aromatic N) is 3. The van der Waals surface area contributed by atoms with Crippen LogP contribution < -0.4 is 16.0 Å². The molecule has 0 spiro atoms. The molecule has 2 atom stereocenters. The first kappa shape index (κ1) is 20.8. The van der Waals surface area contributed by atoms with E-state index in [1.54, 1.807) is 24.4 Å². The van der Waals surface area contributed by atoms with Gasteiger partial charge in [0, 0.05) is 19.3 Å². The summed E-state index contributed by atoms with van der Waals surface area (Å²) < 4.78 is 5.50. The molecule has 1 aromatic heterocycles. The van der Waals surface area contributed by atoms with Crippen LogP contribution in [0.15, 0.2) is 72.9 Å². The van der Waals surface area contributed by atoms with Gasteiger partial charge in [-0.2, -0.15) is 0 Å². The van der Waals surface area contributed by atoms with Crippen molar-refractivity contribution in [2.24, 2.45) is 0 Å². The van der Waals surface area contributed by atoms with E-state index < -0.39 is 0 Å². The first-order chi connectivity index (χ1) is 16.1. The minimum absolute atomic E-state index is 0.101. The number of benzene rings is 2. The Morgan fingerprint density at radius 2 is 1.79 bits per heavy atom. The second kappa shape index (κ2) is 8.82. The highest BCUT2D eigenvalue weighted by atomic mass is 16.6. The minimum Gasteiger partial charge on any atom is -0.445 e. The molecule has 3 aromatic rings. The Hall–Kier alpha value is -4.07. The third-order valence-electron chi connectivity index (χ3n) is 6.19. The van der Waals surface area contributed by atoms with E-state index in [1.807, 2.05) is 53.4 Å². The second-order valence-electron chi connectivity index (χ2n) is 8.33. The van der Waals surface area contributed by atoms with Crippen LogP contribution in [0.4, 0.5) is 22.0 Å². The van der Waals surface area contributed by atoms with Crippen LogP contribution in [-0.2, 0) is 11.3 Å². The molecule has 168 valence electrons. The number of aromatic nitrogens is 1. The molecule has 2 aliphatic heterocycles.